The second kappa shape index (κ2) is 11.9. The van der Waals surface area contributed by atoms with E-state index in [0.29, 0.717) is 30.2 Å². The summed E-state index contributed by atoms with van der Waals surface area (Å²) < 4.78 is 19.1. The molecule has 5 rings (SSSR count). The molecule has 188 valence electrons. The molecule has 0 unspecified atom stereocenters. The fraction of sp³-hybridized carbons (Fsp3) is 0.214. The molecular formula is C28H28FN7O. The van der Waals surface area contributed by atoms with Crippen molar-refractivity contribution in [3.05, 3.63) is 95.8 Å². The average Bonchev–Trinajstić information content (AvgIpc) is 2.94. The maximum Gasteiger partial charge on any atom is 0.250 e. The second-order valence-electron chi connectivity index (χ2n) is 8.64. The predicted molar refractivity (Wildman–Crippen MR) is 144 cm³/mol. The Balaban J connectivity index is 1.31. The van der Waals surface area contributed by atoms with Crippen molar-refractivity contribution in [2.45, 2.75) is 25.9 Å². The first kappa shape index (κ1) is 24.2. The standard InChI is InChI=1S/C28H28FN7O/c29-23-15-13-21(14-16-23)20-37-25-12-6-5-9-22(25)19-30-35-27-32-26(31-24-10-3-1-4-11-24)33-28(34-27)36-17-7-2-8-18-36/h1,3-6,9-16,19H,2,7-8,17-18,20H2,(H2,31,32,33,34,35)/b30-19+. The SMILES string of the molecule is Fc1ccc(COc2ccccc2/C=N/Nc2nc(Nc3ccccc3)nc(N3CCCCC3)n2)cc1. The Morgan fingerprint density at radius 1 is 0.838 bits per heavy atom. The largest absolute Gasteiger partial charge is 0.488 e. The summed E-state index contributed by atoms with van der Waals surface area (Å²) in [6, 6.07) is 23.6. The van der Waals surface area contributed by atoms with Gasteiger partial charge < -0.3 is 15.0 Å². The van der Waals surface area contributed by atoms with E-state index in [1.165, 1.54) is 18.6 Å². The van der Waals surface area contributed by atoms with Crippen LogP contribution in [0.3, 0.4) is 0 Å². The van der Waals surface area contributed by atoms with Crippen LogP contribution in [0.1, 0.15) is 30.4 Å². The molecule has 1 aromatic heterocycles. The fourth-order valence-electron chi connectivity index (χ4n) is 3.98. The Labute approximate surface area is 215 Å². The molecule has 1 fully saturated rings. The molecule has 1 aliphatic rings. The van der Waals surface area contributed by atoms with Gasteiger partial charge in [-0.2, -0.15) is 20.1 Å². The van der Waals surface area contributed by atoms with Crippen molar-refractivity contribution in [3.63, 3.8) is 0 Å². The molecule has 0 aliphatic carbocycles. The number of anilines is 4. The molecule has 9 heteroatoms. The average molecular weight is 498 g/mol. The third-order valence-electron chi connectivity index (χ3n) is 5.89. The summed E-state index contributed by atoms with van der Waals surface area (Å²) in [6.07, 6.45) is 5.11. The number of piperidine rings is 1. The van der Waals surface area contributed by atoms with Crippen LogP contribution in [-0.4, -0.2) is 34.3 Å². The Kier molecular flexibility index (Phi) is 7.80. The Hall–Kier alpha value is -4.53. The van der Waals surface area contributed by atoms with Crippen LogP contribution in [0.4, 0.5) is 27.9 Å². The van der Waals surface area contributed by atoms with E-state index in [1.807, 2.05) is 54.6 Å². The second-order valence-corrected chi connectivity index (χ2v) is 8.64. The summed E-state index contributed by atoms with van der Waals surface area (Å²) in [6.45, 7) is 2.15. The monoisotopic (exact) mass is 497 g/mol. The number of halogens is 1. The van der Waals surface area contributed by atoms with E-state index in [4.69, 9.17) is 4.74 Å². The molecule has 1 aliphatic heterocycles. The summed E-state index contributed by atoms with van der Waals surface area (Å²) in [7, 11) is 0. The van der Waals surface area contributed by atoms with E-state index >= 15 is 0 Å². The molecule has 2 N–H and O–H groups in total. The molecule has 2 heterocycles. The van der Waals surface area contributed by atoms with Crippen LogP contribution in [0, 0.1) is 5.82 Å². The van der Waals surface area contributed by atoms with Gasteiger partial charge in [-0.05, 0) is 61.2 Å². The molecule has 0 bridgehead atoms. The van der Waals surface area contributed by atoms with E-state index in [2.05, 4.69) is 35.7 Å². The predicted octanol–water partition coefficient (Wildman–Crippen LogP) is 5.77. The van der Waals surface area contributed by atoms with Crippen molar-refractivity contribution in [2.75, 3.05) is 28.7 Å². The molecule has 0 radical (unpaired) electrons. The third-order valence-corrected chi connectivity index (χ3v) is 5.89. The summed E-state index contributed by atoms with van der Waals surface area (Å²) in [4.78, 5) is 15.9. The van der Waals surface area contributed by atoms with Gasteiger partial charge in [-0.25, -0.2) is 9.82 Å². The topological polar surface area (TPSA) is 87.6 Å². The van der Waals surface area contributed by atoms with Crippen LogP contribution in [0.5, 0.6) is 5.75 Å². The van der Waals surface area contributed by atoms with Crippen LogP contribution in [0.25, 0.3) is 0 Å². The van der Waals surface area contributed by atoms with Gasteiger partial charge >= 0.3 is 0 Å². The van der Waals surface area contributed by atoms with Gasteiger partial charge in [-0.15, -0.1) is 0 Å². The first-order valence-corrected chi connectivity index (χ1v) is 12.3. The van der Waals surface area contributed by atoms with E-state index < -0.39 is 0 Å². The van der Waals surface area contributed by atoms with Gasteiger partial charge in [0.1, 0.15) is 18.2 Å². The van der Waals surface area contributed by atoms with Crippen LogP contribution in [0.15, 0.2) is 84.0 Å². The number of rotatable bonds is 9. The minimum absolute atomic E-state index is 0.272. The molecule has 1 saturated heterocycles. The molecule has 0 atom stereocenters. The summed E-state index contributed by atoms with van der Waals surface area (Å²) in [5.74, 6) is 1.80. The quantitative estimate of drug-likeness (QED) is 0.224. The minimum Gasteiger partial charge on any atom is -0.488 e. The number of benzene rings is 3. The number of hydrazone groups is 1. The number of nitrogens with zero attached hydrogens (tertiary/aromatic N) is 5. The van der Waals surface area contributed by atoms with Crippen molar-refractivity contribution in [1.82, 2.24) is 15.0 Å². The van der Waals surface area contributed by atoms with E-state index in [0.717, 1.165) is 42.7 Å². The lowest BCUT2D eigenvalue weighted by atomic mass is 10.1. The highest BCUT2D eigenvalue weighted by Gasteiger charge is 2.16. The van der Waals surface area contributed by atoms with Gasteiger partial charge in [0.15, 0.2) is 0 Å². The zero-order chi connectivity index (χ0) is 25.3. The third kappa shape index (κ3) is 6.78. The molecule has 37 heavy (non-hydrogen) atoms. The molecule has 4 aromatic rings. The maximum atomic E-state index is 13.2. The molecule has 0 saturated carbocycles. The number of hydrogen-bond donors (Lipinski definition) is 2. The maximum absolute atomic E-state index is 13.2. The highest BCUT2D eigenvalue weighted by molar-refractivity contribution is 5.83. The van der Waals surface area contributed by atoms with Gasteiger partial charge in [0.25, 0.3) is 0 Å². The molecule has 0 spiro atoms. The van der Waals surface area contributed by atoms with Gasteiger partial charge in [0, 0.05) is 24.3 Å². The van der Waals surface area contributed by atoms with Gasteiger partial charge in [-0.3, -0.25) is 0 Å². The lowest BCUT2D eigenvalue weighted by Crippen LogP contribution is -2.31. The smallest absolute Gasteiger partial charge is 0.250 e. The first-order valence-electron chi connectivity index (χ1n) is 12.3. The van der Waals surface area contributed by atoms with E-state index in [9.17, 15) is 4.39 Å². The lowest BCUT2D eigenvalue weighted by molar-refractivity contribution is 0.305. The van der Waals surface area contributed by atoms with Crippen LogP contribution in [-0.2, 0) is 6.61 Å². The van der Waals surface area contributed by atoms with Crippen molar-refractivity contribution in [2.24, 2.45) is 5.10 Å². The number of hydrogen-bond acceptors (Lipinski definition) is 8. The van der Waals surface area contributed by atoms with Crippen molar-refractivity contribution in [1.29, 1.82) is 0 Å². The van der Waals surface area contributed by atoms with Crippen LogP contribution in [0.2, 0.25) is 0 Å². The molecule has 3 aromatic carbocycles. The van der Waals surface area contributed by atoms with E-state index in [1.54, 1.807) is 18.3 Å². The molecule has 8 nitrogen and oxygen atoms in total. The highest BCUT2D eigenvalue weighted by atomic mass is 19.1. The summed E-state index contributed by atoms with van der Waals surface area (Å²) in [5, 5.41) is 7.62. The zero-order valence-corrected chi connectivity index (χ0v) is 20.3. The van der Waals surface area contributed by atoms with Crippen LogP contribution < -0.4 is 20.4 Å². The molecular weight excluding hydrogens is 469 g/mol. The Bertz CT molecular complexity index is 1330. The van der Waals surface area contributed by atoms with Crippen molar-refractivity contribution in [3.8, 4) is 5.75 Å². The summed E-state index contributed by atoms with van der Waals surface area (Å²) in [5.41, 5.74) is 5.50. The Morgan fingerprint density at radius 2 is 1.57 bits per heavy atom. The number of nitrogens with one attached hydrogen (secondary N) is 2. The number of para-hydroxylation sites is 2. The fourth-order valence-corrected chi connectivity index (χ4v) is 3.98. The normalized spacial score (nSPS) is 13.5. The van der Waals surface area contributed by atoms with Crippen molar-refractivity contribution < 1.29 is 9.13 Å². The van der Waals surface area contributed by atoms with Crippen molar-refractivity contribution >= 4 is 29.7 Å². The Morgan fingerprint density at radius 3 is 2.38 bits per heavy atom. The number of aromatic nitrogens is 3. The minimum atomic E-state index is -0.272. The van der Waals surface area contributed by atoms with E-state index in [-0.39, 0.29) is 5.82 Å². The summed E-state index contributed by atoms with van der Waals surface area (Å²) >= 11 is 0. The number of ether oxygens (including phenoxy) is 1. The van der Waals surface area contributed by atoms with Gasteiger partial charge in [0.05, 0.1) is 6.21 Å². The van der Waals surface area contributed by atoms with Gasteiger partial charge in [0.2, 0.25) is 17.8 Å². The highest BCUT2D eigenvalue weighted by Crippen LogP contribution is 2.21. The molecule has 0 amide bonds. The van der Waals surface area contributed by atoms with Crippen LogP contribution >= 0.6 is 0 Å². The zero-order valence-electron chi connectivity index (χ0n) is 20.3. The first-order chi connectivity index (χ1) is 18.2. The van der Waals surface area contributed by atoms with Gasteiger partial charge in [-0.1, -0.05) is 42.5 Å². The lowest BCUT2D eigenvalue weighted by Gasteiger charge is -2.26.